The molecule has 7 heteroatoms. The number of benzene rings is 1. The second kappa shape index (κ2) is 13.6. The van der Waals surface area contributed by atoms with E-state index in [0.29, 0.717) is 18.5 Å². The predicted octanol–water partition coefficient (Wildman–Crippen LogP) is 4.86. The minimum atomic E-state index is -1.02. The highest BCUT2D eigenvalue weighted by Crippen LogP contribution is 2.34. The van der Waals surface area contributed by atoms with Crippen molar-refractivity contribution < 1.29 is 24.2 Å². The van der Waals surface area contributed by atoms with Crippen molar-refractivity contribution in [2.45, 2.75) is 109 Å². The van der Waals surface area contributed by atoms with Crippen LogP contribution in [0.1, 0.15) is 89.5 Å². The van der Waals surface area contributed by atoms with Gasteiger partial charge < -0.3 is 15.2 Å². The highest BCUT2D eigenvalue weighted by atomic mass is 16.5. The number of carboxylic acid groups (broad SMARTS) is 1. The van der Waals surface area contributed by atoms with E-state index >= 15 is 0 Å². The Morgan fingerprint density at radius 3 is 2.11 bits per heavy atom. The Bertz CT molecular complexity index is 830. The Labute approximate surface area is 209 Å². The third-order valence-corrected chi connectivity index (χ3v) is 7.61. The first-order valence-corrected chi connectivity index (χ1v) is 13.4. The molecule has 4 rings (SSSR count). The minimum absolute atomic E-state index is 0.136. The van der Waals surface area contributed by atoms with Gasteiger partial charge in [0.1, 0.15) is 6.04 Å². The van der Waals surface area contributed by atoms with E-state index in [4.69, 9.17) is 0 Å². The summed E-state index contributed by atoms with van der Waals surface area (Å²) in [6.07, 6.45) is 15.3. The summed E-state index contributed by atoms with van der Waals surface area (Å²) < 4.78 is 4.56. The minimum Gasteiger partial charge on any atom is -0.480 e. The van der Waals surface area contributed by atoms with Gasteiger partial charge in [0, 0.05) is 36.5 Å². The van der Waals surface area contributed by atoms with Crippen LogP contribution in [0.3, 0.4) is 0 Å². The number of ether oxygens (including phenoxy) is 1. The zero-order valence-electron chi connectivity index (χ0n) is 21.3. The molecule has 0 aromatic heterocycles. The number of amides is 1. The Balaban J connectivity index is 0.000000223. The average molecular weight is 487 g/mol. The number of nitrogens with zero attached hydrogens (tertiary/aromatic N) is 1. The van der Waals surface area contributed by atoms with Crippen molar-refractivity contribution in [1.82, 2.24) is 5.32 Å². The van der Waals surface area contributed by atoms with Gasteiger partial charge in [-0.05, 0) is 43.7 Å². The number of carbonyl (C=O) groups is 3. The number of hydrogen-bond donors (Lipinski definition) is 2. The van der Waals surface area contributed by atoms with Gasteiger partial charge in [-0.2, -0.15) is 0 Å². The normalized spacial score (nSPS) is 21.4. The van der Waals surface area contributed by atoms with E-state index in [1.54, 1.807) is 19.1 Å². The fraction of sp³-hybridized carbons (Fsp3) is 0.679. The molecule has 2 N–H and O–H groups in total. The molecule has 2 atom stereocenters. The number of anilines is 1. The molecule has 1 heterocycles. The zero-order valence-corrected chi connectivity index (χ0v) is 21.3. The second-order valence-corrected chi connectivity index (χ2v) is 10.2. The number of methoxy groups -OCH3 is 1. The van der Waals surface area contributed by atoms with Gasteiger partial charge >= 0.3 is 11.9 Å². The van der Waals surface area contributed by atoms with Crippen LogP contribution in [-0.2, 0) is 25.5 Å². The number of aliphatic carboxylic acids is 1. The van der Waals surface area contributed by atoms with E-state index in [0.717, 1.165) is 17.6 Å². The monoisotopic (exact) mass is 486 g/mol. The van der Waals surface area contributed by atoms with Crippen LogP contribution >= 0.6 is 0 Å². The van der Waals surface area contributed by atoms with Crippen LogP contribution in [0.5, 0.6) is 0 Å². The molecule has 2 aliphatic carbocycles. The van der Waals surface area contributed by atoms with Crippen molar-refractivity contribution in [2.75, 3.05) is 12.0 Å². The van der Waals surface area contributed by atoms with Crippen molar-refractivity contribution in [3.8, 4) is 0 Å². The largest absolute Gasteiger partial charge is 0.480 e. The summed E-state index contributed by atoms with van der Waals surface area (Å²) in [4.78, 5) is 36.6. The van der Waals surface area contributed by atoms with Crippen LogP contribution in [0.25, 0.3) is 0 Å². The van der Waals surface area contributed by atoms with Crippen LogP contribution in [0.4, 0.5) is 5.69 Å². The summed E-state index contributed by atoms with van der Waals surface area (Å²) in [5.74, 6) is -2.13. The molecule has 0 saturated heterocycles. The standard InChI is InChI=1S/C16H19NO5.C12H23N/c1-10(7-8-14(18)22-2)15(19)17-12-6-4-3-5-11(12)9-13(17)16(20)21;1-3-7-11(8-4-1)13-12-9-5-2-6-10-12/h3-6,10,13H,7-9H2,1-2H3,(H,20,21);11-13H,1-10H2/t10?,13-;/m0./s1. The molecule has 0 bridgehead atoms. The van der Waals surface area contributed by atoms with Gasteiger partial charge in [0.05, 0.1) is 7.11 Å². The Morgan fingerprint density at radius 2 is 1.57 bits per heavy atom. The molecule has 194 valence electrons. The molecular weight excluding hydrogens is 444 g/mol. The van der Waals surface area contributed by atoms with E-state index in [2.05, 4.69) is 10.1 Å². The first kappa shape index (κ1) is 27.2. The lowest BCUT2D eigenvalue weighted by molar-refractivity contribution is -0.142. The third-order valence-electron chi connectivity index (χ3n) is 7.61. The molecule has 1 aliphatic heterocycles. The summed E-state index contributed by atoms with van der Waals surface area (Å²) in [5.41, 5.74) is 1.49. The molecule has 0 spiro atoms. The number of rotatable bonds is 7. The summed E-state index contributed by atoms with van der Waals surface area (Å²) in [5, 5.41) is 13.2. The van der Waals surface area contributed by atoms with Gasteiger partial charge in [0.2, 0.25) is 5.91 Å². The molecule has 0 radical (unpaired) electrons. The fourth-order valence-corrected chi connectivity index (χ4v) is 5.53. The number of esters is 1. The molecule has 1 unspecified atom stereocenters. The first-order chi connectivity index (χ1) is 16.9. The lowest BCUT2D eigenvalue weighted by Gasteiger charge is -2.30. The Hall–Kier alpha value is -2.41. The zero-order chi connectivity index (χ0) is 25.2. The molecule has 2 fully saturated rings. The van der Waals surface area contributed by atoms with Crippen LogP contribution < -0.4 is 10.2 Å². The number of nitrogens with one attached hydrogen (secondary N) is 1. The molecule has 1 aromatic carbocycles. The van der Waals surface area contributed by atoms with Crippen LogP contribution in [0.15, 0.2) is 24.3 Å². The smallest absolute Gasteiger partial charge is 0.327 e. The van der Waals surface area contributed by atoms with Crippen LogP contribution in [0, 0.1) is 5.92 Å². The van der Waals surface area contributed by atoms with Gasteiger partial charge in [0.25, 0.3) is 0 Å². The fourth-order valence-electron chi connectivity index (χ4n) is 5.53. The van der Waals surface area contributed by atoms with E-state index in [-0.39, 0.29) is 18.3 Å². The van der Waals surface area contributed by atoms with E-state index in [9.17, 15) is 19.5 Å². The Morgan fingerprint density at radius 1 is 1.00 bits per heavy atom. The topological polar surface area (TPSA) is 95.9 Å². The highest BCUT2D eigenvalue weighted by Gasteiger charge is 2.39. The highest BCUT2D eigenvalue weighted by molar-refractivity contribution is 6.02. The summed E-state index contributed by atoms with van der Waals surface area (Å²) in [6, 6.07) is 8.05. The molecule has 3 aliphatic rings. The van der Waals surface area contributed by atoms with Crippen molar-refractivity contribution >= 4 is 23.5 Å². The number of para-hydroxylation sites is 1. The molecule has 1 aromatic rings. The van der Waals surface area contributed by atoms with Crippen LogP contribution in [0.2, 0.25) is 0 Å². The SMILES string of the molecule is C1CCC(NC2CCCCC2)CC1.COC(=O)CCC(C)C(=O)N1c2ccccc2C[C@H]1C(=O)O. The second-order valence-electron chi connectivity index (χ2n) is 10.2. The number of fused-ring (bicyclic) bond motifs is 1. The summed E-state index contributed by atoms with van der Waals surface area (Å²) in [7, 11) is 1.30. The number of carbonyl (C=O) groups excluding carboxylic acids is 2. The maximum absolute atomic E-state index is 12.6. The molecule has 2 saturated carbocycles. The predicted molar refractivity (Wildman–Crippen MR) is 136 cm³/mol. The third kappa shape index (κ3) is 7.79. The van der Waals surface area contributed by atoms with Gasteiger partial charge in [-0.3, -0.25) is 14.5 Å². The molecule has 1 amide bonds. The van der Waals surface area contributed by atoms with E-state index in [1.165, 1.54) is 76.2 Å². The molecular formula is C28H42N2O5. The van der Waals surface area contributed by atoms with Crippen molar-refractivity contribution in [3.63, 3.8) is 0 Å². The first-order valence-electron chi connectivity index (χ1n) is 13.4. The van der Waals surface area contributed by atoms with Gasteiger partial charge in [0.15, 0.2) is 0 Å². The summed E-state index contributed by atoms with van der Waals surface area (Å²) >= 11 is 0. The summed E-state index contributed by atoms with van der Waals surface area (Å²) in [6.45, 7) is 1.70. The molecule has 35 heavy (non-hydrogen) atoms. The molecule has 7 nitrogen and oxygen atoms in total. The van der Waals surface area contributed by atoms with E-state index < -0.39 is 17.9 Å². The number of hydrogen-bond acceptors (Lipinski definition) is 5. The van der Waals surface area contributed by atoms with E-state index in [1.807, 2.05) is 12.1 Å². The maximum Gasteiger partial charge on any atom is 0.327 e. The van der Waals surface area contributed by atoms with Crippen molar-refractivity contribution in [3.05, 3.63) is 29.8 Å². The lowest BCUT2D eigenvalue weighted by atomic mass is 9.91. The van der Waals surface area contributed by atoms with Gasteiger partial charge in [-0.15, -0.1) is 0 Å². The maximum atomic E-state index is 12.6. The van der Waals surface area contributed by atoms with Gasteiger partial charge in [-0.1, -0.05) is 63.6 Å². The van der Waals surface area contributed by atoms with Crippen molar-refractivity contribution in [1.29, 1.82) is 0 Å². The average Bonchev–Trinajstić information content (AvgIpc) is 3.28. The lowest BCUT2D eigenvalue weighted by Crippen LogP contribution is -2.45. The van der Waals surface area contributed by atoms with Crippen LogP contribution in [-0.4, -0.2) is 48.2 Å². The quantitative estimate of drug-likeness (QED) is 0.535. The number of carboxylic acids is 1. The van der Waals surface area contributed by atoms with Gasteiger partial charge in [-0.25, -0.2) is 4.79 Å². The van der Waals surface area contributed by atoms with Crippen molar-refractivity contribution in [2.24, 2.45) is 5.92 Å². The Kier molecular flexibility index (Phi) is 10.6.